The van der Waals surface area contributed by atoms with Gasteiger partial charge in [0.05, 0.1) is 24.5 Å². The molecule has 1 aromatic rings. The van der Waals surface area contributed by atoms with Crippen molar-refractivity contribution < 1.29 is 19.0 Å². The number of anilines is 1. The van der Waals surface area contributed by atoms with Crippen molar-refractivity contribution in [3.05, 3.63) is 24.3 Å². The Bertz CT molecular complexity index is 499. The first-order valence-electron chi connectivity index (χ1n) is 8.02. The first-order chi connectivity index (χ1) is 11.1. The lowest BCUT2D eigenvalue weighted by Crippen LogP contribution is -2.49. The minimum Gasteiger partial charge on any atom is -0.491 e. The van der Waals surface area contributed by atoms with E-state index in [9.17, 15) is 4.79 Å². The van der Waals surface area contributed by atoms with Crippen LogP contribution in [0.2, 0.25) is 0 Å². The third-order valence-electron chi connectivity index (χ3n) is 3.59. The number of benzene rings is 1. The van der Waals surface area contributed by atoms with Crippen LogP contribution in [0.1, 0.15) is 20.3 Å². The number of ether oxygens (including phenoxy) is 3. The molecule has 2 rings (SSSR count). The fourth-order valence-corrected chi connectivity index (χ4v) is 2.62. The maximum atomic E-state index is 12.5. The molecule has 0 bridgehead atoms. The lowest BCUT2D eigenvalue weighted by molar-refractivity contribution is -0.0530. The number of hydrogen-bond donors (Lipinski definition) is 1. The highest BCUT2D eigenvalue weighted by Crippen LogP contribution is 2.24. The van der Waals surface area contributed by atoms with Gasteiger partial charge in [-0.25, -0.2) is 4.79 Å². The van der Waals surface area contributed by atoms with Gasteiger partial charge in [0, 0.05) is 33.2 Å². The highest BCUT2D eigenvalue weighted by Gasteiger charge is 2.26. The molecule has 1 aliphatic heterocycles. The summed E-state index contributed by atoms with van der Waals surface area (Å²) in [6.07, 6.45) is 0.896. The normalized spacial score (nSPS) is 21.1. The molecule has 1 saturated heterocycles. The van der Waals surface area contributed by atoms with Gasteiger partial charge in [-0.1, -0.05) is 12.1 Å². The smallest absolute Gasteiger partial charge is 0.322 e. The molecular weight excluding hydrogens is 296 g/mol. The second-order valence-corrected chi connectivity index (χ2v) is 5.78. The summed E-state index contributed by atoms with van der Waals surface area (Å²) in [5.74, 6) is 0.673. The lowest BCUT2D eigenvalue weighted by Gasteiger charge is -2.35. The van der Waals surface area contributed by atoms with Gasteiger partial charge in [-0.15, -0.1) is 0 Å². The van der Waals surface area contributed by atoms with E-state index in [1.165, 1.54) is 0 Å². The third-order valence-corrected chi connectivity index (χ3v) is 3.59. The molecule has 6 heteroatoms. The van der Waals surface area contributed by atoms with Crippen LogP contribution in [0.15, 0.2) is 24.3 Å². The number of para-hydroxylation sites is 2. The Hall–Kier alpha value is -1.79. The molecule has 1 aliphatic rings. The van der Waals surface area contributed by atoms with Gasteiger partial charge in [-0.2, -0.15) is 0 Å². The summed E-state index contributed by atoms with van der Waals surface area (Å²) in [4.78, 5) is 14.2. The molecule has 0 unspecified atom stereocenters. The molecule has 0 aliphatic carbocycles. The van der Waals surface area contributed by atoms with Crippen LogP contribution in [0, 0.1) is 0 Å². The number of rotatable bonds is 6. The molecule has 6 nitrogen and oxygen atoms in total. The monoisotopic (exact) mass is 322 g/mol. The number of urea groups is 1. The summed E-state index contributed by atoms with van der Waals surface area (Å²) in [6, 6.07) is 7.34. The van der Waals surface area contributed by atoms with Crippen molar-refractivity contribution in [1.82, 2.24) is 4.90 Å². The van der Waals surface area contributed by atoms with Gasteiger partial charge in [0.1, 0.15) is 5.75 Å². The second-order valence-electron chi connectivity index (χ2n) is 5.78. The van der Waals surface area contributed by atoms with E-state index in [-0.39, 0.29) is 18.2 Å². The Balaban J connectivity index is 1.94. The summed E-state index contributed by atoms with van der Waals surface area (Å²) < 4.78 is 16.4. The van der Waals surface area contributed by atoms with Crippen LogP contribution in [0.4, 0.5) is 10.5 Å². The molecule has 23 heavy (non-hydrogen) atoms. The highest BCUT2D eigenvalue weighted by atomic mass is 16.5. The van der Waals surface area contributed by atoms with E-state index in [1.807, 2.05) is 38.1 Å². The zero-order chi connectivity index (χ0) is 16.7. The van der Waals surface area contributed by atoms with Gasteiger partial charge in [0.2, 0.25) is 0 Å². The largest absolute Gasteiger partial charge is 0.491 e. The number of hydrogen-bond acceptors (Lipinski definition) is 4. The number of amides is 2. The Morgan fingerprint density at radius 3 is 2.65 bits per heavy atom. The van der Waals surface area contributed by atoms with Crippen LogP contribution in [-0.2, 0) is 9.47 Å². The fraction of sp³-hybridized carbons (Fsp3) is 0.588. The van der Waals surface area contributed by atoms with Gasteiger partial charge >= 0.3 is 6.03 Å². The van der Waals surface area contributed by atoms with Gasteiger partial charge in [0.25, 0.3) is 0 Å². The van der Waals surface area contributed by atoms with Gasteiger partial charge < -0.3 is 24.4 Å². The van der Waals surface area contributed by atoms with Crippen molar-refractivity contribution >= 4 is 11.7 Å². The molecule has 1 fully saturated rings. The third kappa shape index (κ3) is 5.41. The molecule has 1 heterocycles. The fourth-order valence-electron chi connectivity index (χ4n) is 2.62. The average molecular weight is 322 g/mol. The van der Waals surface area contributed by atoms with E-state index in [2.05, 4.69) is 5.32 Å². The van der Waals surface area contributed by atoms with E-state index in [0.717, 1.165) is 6.42 Å². The van der Waals surface area contributed by atoms with Crippen LogP contribution in [-0.4, -0.2) is 56.6 Å². The molecule has 0 aromatic heterocycles. The Labute approximate surface area is 137 Å². The highest BCUT2D eigenvalue weighted by molar-refractivity contribution is 5.91. The van der Waals surface area contributed by atoms with Crippen LogP contribution in [0.25, 0.3) is 0 Å². The molecule has 0 saturated carbocycles. The van der Waals surface area contributed by atoms with E-state index in [4.69, 9.17) is 14.2 Å². The van der Waals surface area contributed by atoms with Crippen molar-refractivity contribution in [3.8, 4) is 5.75 Å². The number of morpholine rings is 1. The number of nitrogens with zero attached hydrogens (tertiary/aromatic N) is 1. The quantitative estimate of drug-likeness (QED) is 0.818. The Morgan fingerprint density at radius 2 is 1.96 bits per heavy atom. The van der Waals surface area contributed by atoms with E-state index in [0.29, 0.717) is 37.7 Å². The van der Waals surface area contributed by atoms with E-state index < -0.39 is 0 Å². The van der Waals surface area contributed by atoms with E-state index in [1.54, 1.807) is 12.0 Å². The van der Waals surface area contributed by atoms with Crippen LogP contribution >= 0.6 is 0 Å². The number of carbonyl (C=O) groups is 1. The van der Waals surface area contributed by atoms with Crippen molar-refractivity contribution in [2.45, 2.75) is 32.5 Å². The molecule has 0 spiro atoms. The summed E-state index contributed by atoms with van der Waals surface area (Å²) in [5.41, 5.74) is 0.682. The average Bonchev–Trinajstić information content (AvgIpc) is 2.52. The minimum atomic E-state index is -0.125. The van der Waals surface area contributed by atoms with Crippen LogP contribution in [0.3, 0.4) is 0 Å². The zero-order valence-corrected chi connectivity index (χ0v) is 14.1. The van der Waals surface area contributed by atoms with Gasteiger partial charge in [-0.3, -0.25) is 0 Å². The lowest BCUT2D eigenvalue weighted by atomic mass is 10.2. The van der Waals surface area contributed by atoms with Crippen molar-refractivity contribution in [3.63, 3.8) is 0 Å². The molecule has 2 atom stereocenters. The molecule has 1 aromatic carbocycles. The van der Waals surface area contributed by atoms with E-state index >= 15 is 0 Å². The molecular formula is C17H26N2O4. The molecule has 0 radical (unpaired) electrons. The summed E-state index contributed by atoms with van der Waals surface area (Å²) in [7, 11) is 1.67. The van der Waals surface area contributed by atoms with Gasteiger partial charge in [-0.05, 0) is 26.0 Å². The SMILES string of the molecule is COCCCOc1ccccc1NC(=O)N1C[C@@H](C)O[C@@H](C)C1. The number of carbonyl (C=O) groups excluding carboxylic acids is 1. The maximum absolute atomic E-state index is 12.5. The second kappa shape index (κ2) is 8.74. The molecule has 2 amide bonds. The topological polar surface area (TPSA) is 60.0 Å². The first kappa shape index (κ1) is 17.6. The Kier molecular flexibility index (Phi) is 6.67. The van der Waals surface area contributed by atoms with Crippen LogP contribution < -0.4 is 10.1 Å². The summed E-state index contributed by atoms with van der Waals surface area (Å²) >= 11 is 0. The summed E-state index contributed by atoms with van der Waals surface area (Å²) in [6.45, 7) is 6.33. The molecule has 1 N–H and O–H groups in total. The summed E-state index contributed by atoms with van der Waals surface area (Å²) in [5, 5.41) is 2.94. The number of nitrogens with one attached hydrogen (secondary N) is 1. The standard InChI is InChI=1S/C17H26N2O4/c1-13-11-19(12-14(2)23-13)17(20)18-15-7-4-5-8-16(15)22-10-6-9-21-3/h4-5,7-8,13-14H,6,9-12H2,1-3H3,(H,18,20)/t13-,14+. The molecule has 128 valence electrons. The Morgan fingerprint density at radius 1 is 1.26 bits per heavy atom. The van der Waals surface area contributed by atoms with Crippen molar-refractivity contribution in [2.24, 2.45) is 0 Å². The van der Waals surface area contributed by atoms with Crippen molar-refractivity contribution in [1.29, 1.82) is 0 Å². The maximum Gasteiger partial charge on any atom is 0.322 e. The number of methoxy groups -OCH3 is 1. The zero-order valence-electron chi connectivity index (χ0n) is 14.1. The predicted octanol–water partition coefficient (Wildman–Crippen LogP) is 2.74. The van der Waals surface area contributed by atoms with Crippen LogP contribution in [0.5, 0.6) is 5.75 Å². The van der Waals surface area contributed by atoms with Crippen molar-refractivity contribution in [2.75, 3.05) is 38.7 Å². The van der Waals surface area contributed by atoms with Gasteiger partial charge in [0.15, 0.2) is 0 Å². The predicted molar refractivity (Wildman–Crippen MR) is 89.0 cm³/mol. The first-order valence-corrected chi connectivity index (χ1v) is 8.02. The minimum absolute atomic E-state index is 0.0463.